The maximum atomic E-state index is 15.2. The van der Waals surface area contributed by atoms with E-state index in [1.807, 2.05) is 0 Å². The largest absolute Gasteiger partial charge is 0.424 e. The summed E-state index contributed by atoms with van der Waals surface area (Å²) in [6, 6.07) is 7.28. The Hall–Kier alpha value is -2.72. The van der Waals surface area contributed by atoms with E-state index in [4.69, 9.17) is 46.4 Å². The van der Waals surface area contributed by atoms with Crippen molar-refractivity contribution in [1.82, 2.24) is 29.5 Å². The summed E-state index contributed by atoms with van der Waals surface area (Å²) in [5.74, 6) is -13.8. The van der Waals surface area contributed by atoms with Crippen molar-refractivity contribution in [1.29, 1.82) is 0 Å². The number of ether oxygens (including phenoxy) is 1. The summed E-state index contributed by atoms with van der Waals surface area (Å²) in [6.45, 7) is -0.243. The number of nitrogens with zero attached hydrogens (tertiary/aromatic N) is 6. The maximum Gasteiger partial charge on any atom is 0.424 e. The normalized spacial score (nSPS) is 14.4. The molecule has 2 heterocycles. The van der Waals surface area contributed by atoms with E-state index in [1.165, 1.54) is 58.4 Å². The first-order chi connectivity index (χ1) is 21.9. The number of alkyl halides is 8. The van der Waals surface area contributed by atoms with Crippen LogP contribution in [-0.2, 0) is 17.8 Å². The molecule has 7 nitrogen and oxygen atoms in total. The summed E-state index contributed by atoms with van der Waals surface area (Å²) in [5, 5.41) is 7.49. The molecule has 4 aromatic rings. The molecule has 4 rings (SSSR count). The van der Waals surface area contributed by atoms with Crippen LogP contribution in [0.25, 0.3) is 0 Å². The number of aryl methyl sites for hydroxylation is 2. The number of hydrogen-bond donors (Lipinski definition) is 0. The predicted octanol–water partition coefficient (Wildman–Crippen LogP) is 9.78. The van der Waals surface area contributed by atoms with Gasteiger partial charge in [-0.05, 0) is 60.1 Å². The Kier molecular flexibility index (Phi) is 11.7. The third kappa shape index (κ3) is 9.25. The summed E-state index contributed by atoms with van der Waals surface area (Å²) in [6.07, 6.45) is -11.7. The highest BCUT2D eigenvalue weighted by atomic mass is 35.5. The van der Waals surface area contributed by atoms with Crippen LogP contribution in [0.15, 0.2) is 61.7 Å². The monoisotopic (exact) mass is 752 g/mol. The van der Waals surface area contributed by atoms with Gasteiger partial charge in [-0.25, -0.2) is 14.7 Å². The summed E-state index contributed by atoms with van der Waals surface area (Å²) < 4.78 is 126. The summed E-state index contributed by atoms with van der Waals surface area (Å²) >= 11 is 24.0. The van der Waals surface area contributed by atoms with E-state index in [2.05, 4.69) is 24.9 Å². The SMILES string of the molecule is FC(F)(CC(CCn1cncn1)c1ccc(Cl)cc1Cl)C(F)(F)OC(F)(F)C(F)(F)CC(CCn1cncn1)c1ccc(Cl)cc1Cl. The second-order valence-corrected chi connectivity index (χ2v) is 12.3. The lowest BCUT2D eigenvalue weighted by atomic mass is 9.88. The van der Waals surface area contributed by atoms with Crippen molar-refractivity contribution in [3.8, 4) is 0 Å². The van der Waals surface area contributed by atoms with Crippen LogP contribution in [0.1, 0.15) is 48.6 Å². The zero-order valence-corrected chi connectivity index (χ0v) is 26.8. The molecule has 2 unspecified atom stereocenters. The standard InChI is InChI=1S/C28H24Cl4F8N6O/c29-19-1-3-21(23(31)9-19)17(5-7-45-15-41-13-43-45)11-25(33,34)27(37,38)47-28(39,40)26(35,36)12-18(6-8-46-16-42-14-44-46)22-4-2-20(30)10-24(22)32/h1-4,9-10,13-18H,5-8,11-12H2. The summed E-state index contributed by atoms with van der Waals surface area (Å²) in [5.41, 5.74) is -0.141. The van der Waals surface area contributed by atoms with Crippen molar-refractivity contribution in [3.05, 3.63) is 92.9 Å². The van der Waals surface area contributed by atoms with Crippen molar-refractivity contribution >= 4 is 46.4 Å². The molecule has 47 heavy (non-hydrogen) atoms. The second-order valence-electron chi connectivity index (χ2n) is 10.6. The van der Waals surface area contributed by atoms with Crippen molar-refractivity contribution in [2.45, 2.75) is 74.7 Å². The molecule has 2 atom stereocenters. The van der Waals surface area contributed by atoms with Crippen LogP contribution in [0, 0.1) is 0 Å². The predicted molar refractivity (Wildman–Crippen MR) is 158 cm³/mol. The highest BCUT2D eigenvalue weighted by Gasteiger charge is 2.69. The Morgan fingerprint density at radius 2 is 1.00 bits per heavy atom. The highest BCUT2D eigenvalue weighted by molar-refractivity contribution is 6.35. The first-order valence-electron chi connectivity index (χ1n) is 13.7. The van der Waals surface area contributed by atoms with Gasteiger partial charge in [-0.3, -0.25) is 9.36 Å². The number of rotatable bonds is 16. The zero-order valence-electron chi connectivity index (χ0n) is 23.8. The van der Waals surface area contributed by atoms with Crippen LogP contribution in [0.4, 0.5) is 35.1 Å². The zero-order chi connectivity index (χ0) is 34.6. The number of aromatic nitrogens is 6. The molecule has 0 N–H and O–H groups in total. The molecule has 2 aromatic heterocycles. The highest BCUT2D eigenvalue weighted by Crippen LogP contribution is 2.51. The quantitative estimate of drug-likeness (QED) is 0.107. The van der Waals surface area contributed by atoms with Crippen molar-refractivity contribution in [2.75, 3.05) is 0 Å². The molecule has 0 fully saturated rings. The van der Waals surface area contributed by atoms with E-state index in [9.17, 15) is 17.6 Å². The number of hydrogen-bond acceptors (Lipinski definition) is 5. The van der Waals surface area contributed by atoms with E-state index >= 15 is 17.6 Å². The van der Waals surface area contributed by atoms with Crippen LogP contribution >= 0.6 is 46.4 Å². The second kappa shape index (κ2) is 14.8. The molecule has 19 heteroatoms. The van der Waals surface area contributed by atoms with Gasteiger partial charge in [0.15, 0.2) is 0 Å². The van der Waals surface area contributed by atoms with Crippen LogP contribution in [0.2, 0.25) is 20.1 Å². The minimum Gasteiger partial charge on any atom is -0.253 e. The fourth-order valence-electron chi connectivity index (χ4n) is 4.84. The van der Waals surface area contributed by atoms with Crippen LogP contribution < -0.4 is 0 Å². The Bertz CT molecular complexity index is 1490. The van der Waals surface area contributed by atoms with Crippen LogP contribution in [-0.4, -0.2) is 53.6 Å². The Labute approximate surface area is 282 Å². The third-order valence-electron chi connectivity index (χ3n) is 7.26. The smallest absolute Gasteiger partial charge is 0.253 e. The average Bonchev–Trinajstić information content (AvgIpc) is 3.68. The van der Waals surface area contributed by atoms with Gasteiger partial charge in [-0.1, -0.05) is 58.5 Å². The van der Waals surface area contributed by atoms with E-state index in [-0.39, 0.29) is 57.1 Å². The van der Waals surface area contributed by atoms with E-state index in [1.54, 1.807) is 0 Å². The average molecular weight is 754 g/mol. The van der Waals surface area contributed by atoms with Crippen LogP contribution in [0.5, 0.6) is 0 Å². The maximum absolute atomic E-state index is 15.2. The minimum atomic E-state index is -6.07. The molecule has 256 valence electrons. The topological polar surface area (TPSA) is 70.7 Å². The third-order valence-corrected chi connectivity index (χ3v) is 8.39. The van der Waals surface area contributed by atoms with Gasteiger partial charge in [0.2, 0.25) is 0 Å². The molecule has 0 saturated carbocycles. The van der Waals surface area contributed by atoms with Gasteiger partial charge in [0.25, 0.3) is 0 Å². The lowest BCUT2D eigenvalue weighted by molar-refractivity contribution is -0.469. The molecule has 0 aliphatic rings. The lowest BCUT2D eigenvalue weighted by Gasteiger charge is -2.35. The van der Waals surface area contributed by atoms with Gasteiger partial charge in [-0.15, -0.1) is 0 Å². The fraction of sp³-hybridized carbons (Fsp3) is 0.429. The number of halogens is 12. The summed E-state index contributed by atoms with van der Waals surface area (Å²) in [7, 11) is 0. The number of benzene rings is 2. The molecular formula is C28H24Cl4F8N6O. The molecule has 0 saturated heterocycles. The van der Waals surface area contributed by atoms with Gasteiger partial charge in [0.05, 0.1) is 0 Å². The van der Waals surface area contributed by atoms with E-state index < -0.39 is 48.7 Å². The molecule has 0 aliphatic heterocycles. The van der Waals surface area contributed by atoms with Crippen LogP contribution in [0.3, 0.4) is 0 Å². The van der Waals surface area contributed by atoms with Crippen molar-refractivity contribution < 1.29 is 39.9 Å². The molecule has 0 bridgehead atoms. The van der Waals surface area contributed by atoms with Gasteiger partial charge >= 0.3 is 24.1 Å². The van der Waals surface area contributed by atoms with Gasteiger partial charge in [-0.2, -0.15) is 45.3 Å². The minimum absolute atomic E-state index is 0.0705. The summed E-state index contributed by atoms with van der Waals surface area (Å²) in [4.78, 5) is 7.39. The van der Waals surface area contributed by atoms with E-state index in [0.717, 1.165) is 12.7 Å². The van der Waals surface area contributed by atoms with Gasteiger partial charge < -0.3 is 0 Å². The lowest BCUT2D eigenvalue weighted by Crippen LogP contribution is -2.54. The van der Waals surface area contributed by atoms with Crippen molar-refractivity contribution in [3.63, 3.8) is 0 Å². The first-order valence-corrected chi connectivity index (χ1v) is 15.2. The van der Waals surface area contributed by atoms with Crippen molar-refractivity contribution in [2.24, 2.45) is 0 Å². The fourth-order valence-corrected chi connectivity index (χ4v) is 5.97. The molecule has 2 aromatic carbocycles. The Morgan fingerprint density at radius 3 is 1.32 bits per heavy atom. The molecule has 0 aliphatic carbocycles. The molecule has 0 radical (unpaired) electrons. The Morgan fingerprint density at radius 1 is 0.617 bits per heavy atom. The van der Waals surface area contributed by atoms with Gasteiger partial charge in [0.1, 0.15) is 25.3 Å². The first kappa shape index (κ1) is 37.1. The van der Waals surface area contributed by atoms with E-state index in [0.29, 0.717) is 0 Å². The molecule has 0 spiro atoms. The van der Waals surface area contributed by atoms with Gasteiger partial charge in [0, 0.05) is 46.0 Å². The molecular weight excluding hydrogens is 730 g/mol. The Balaban J connectivity index is 1.56. The molecule has 0 amide bonds.